The second-order valence-corrected chi connectivity index (χ2v) is 8.50. The lowest BCUT2D eigenvalue weighted by atomic mass is 10.0. The fourth-order valence-electron chi connectivity index (χ4n) is 2.33. The van der Waals surface area contributed by atoms with E-state index in [1.54, 1.807) is 19.9 Å². The smallest absolute Gasteiger partial charge is 0.241 e. The van der Waals surface area contributed by atoms with Crippen molar-refractivity contribution in [3.05, 3.63) is 18.2 Å². The van der Waals surface area contributed by atoms with Crippen LogP contribution < -0.4 is 19.5 Å². The number of hydrogen-bond acceptors (Lipinski definition) is 5. The number of amides is 1. The van der Waals surface area contributed by atoms with Gasteiger partial charge in [-0.3, -0.25) is 4.79 Å². The van der Waals surface area contributed by atoms with Crippen LogP contribution in [0.4, 0.5) is 0 Å². The van der Waals surface area contributed by atoms with Crippen molar-refractivity contribution >= 4 is 15.9 Å². The van der Waals surface area contributed by atoms with Crippen LogP contribution in [-0.4, -0.2) is 40.1 Å². The maximum atomic E-state index is 12.7. The third kappa shape index (κ3) is 5.09. The molecule has 8 heteroatoms. The number of carbonyl (C=O) groups is 1. The van der Waals surface area contributed by atoms with Crippen LogP contribution in [0.1, 0.15) is 27.7 Å². The first-order valence-corrected chi connectivity index (χ1v) is 9.88. The molecule has 0 aliphatic carbocycles. The molecular weight excluding hydrogens is 344 g/mol. The largest absolute Gasteiger partial charge is 0.486 e. The van der Waals surface area contributed by atoms with Crippen LogP contribution >= 0.6 is 0 Å². The summed E-state index contributed by atoms with van der Waals surface area (Å²) in [6.45, 7) is 8.85. The molecule has 1 atom stereocenters. The fraction of sp³-hybridized carbons (Fsp3) is 0.588. The van der Waals surface area contributed by atoms with E-state index in [4.69, 9.17) is 9.47 Å². The summed E-state index contributed by atoms with van der Waals surface area (Å²) in [5.41, 5.74) is 0. The zero-order valence-electron chi connectivity index (χ0n) is 15.0. The molecule has 0 saturated carbocycles. The van der Waals surface area contributed by atoms with E-state index < -0.39 is 16.1 Å². The molecular formula is C17H26N2O5S. The molecule has 0 bridgehead atoms. The van der Waals surface area contributed by atoms with Crippen molar-refractivity contribution < 1.29 is 22.7 Å². The highest BCUT2D eigenvalue weighted by Gasteiger charge is 2.29. The van der Waals surface area contributed by atoms with Crippen LogP contribution in [0, 0.1) is 11.8 Å². The summed E-state index contributed by atoms with van der Waals surface area (Å²) in [5.74, 6) is 0.662. The second-order valence-electron chi connectivity index (χ2n) is 6.79. The average Bonchev–Trinajstić information content (AvgIpc) is 2.56. The monoisotopic (exact) mass is 370 g/mol. The van der Waals surface area contributed by atoms with E-state index in [0.717, 1.165) is 0 Å². The Morgan fingerprint density at radius 2 is 1.76 bits per heavy atom. The summed E-state index contributed by atoms with van der Waals surface area (Å²) in [4.78, 5) is 12.4. The van der Waals surface area contributed by atoms with Gasteiger partial charge in [-0.25, -0.2) is 8.42 Å². The van der Waals surface area contributed by atoms with E-state index in [0.29, 0.717) is 31.3 Å². The van der Waals surface area contributed by atoms with Crippen molar-refractivity contribution in [3.63, 3.8) is 0 Å². The molecule has 140 valence electrons. The highest BCUT2D eigenvalue weighted by molar-refractivity contribution is 7.89. The van der Waals surface area contributed by atoms with Crippen LogP contribution in [0.3, 0.4) is 0 Å². The zero-order chi connectivity index (χ0) is 18.6. The Morgan fingerprint density at radius 1 is 1.12 bits per heavy atom. The predicted octanol–water partition coefficient (Wildman–Crippen LogP) is 1.53. The lowest BCUT2D eigenvalue weighted by molar-refractivity contribution is -0.123. The minimum absolute atomic E-state index is 0.0408. The van der Waals surface area contributed by atoms with Gasteiger partial charge in [0.2, 0.25) is 15.9 Å². The van der Waals surface area contributed by atoms with E-state index >= 15 is 0 Å². The van der Waals surface area contributed by atoms with E-state index in [2.05, 4.69) is 10.0 Å². The normalized spacial score (nSPS) is 15.3. The first kappa shape index (κ1) is 19.5. The summed E-state index contributed by atoms with van der Waals surface area (Å²) in [7, 11) is -3.87. The van der Waals surface area contributed by atoms with Crippen molar-refractivity contribution in [2.45, 2.75) is 38.6 Å². The van der Waals surface area contributed by atoms with Gasteiger partial charge in [-0.1, -0.05) is 27.7 Å². The molecule has 0 saturated heterocycles. The number of hydrogen-bond donors (Lipinski definition) is 2. The number of fused-ring (bicyclic) bond motifs is 1. The molecule has 0 radical (unpaired) electrons. The quantitative estimate of drug-likeness (QED) is 0.759. The standard InChI is InChI=1S/C17H26N2O5S/c1-11(2)10-18-17(20)16(12(3)4)19-25(21,22)13-5-6-14-15(9-13)24-8-7-23-14/h5-6,9,11-12,16,19H,7-8,10H2,1-4H3,(H,18,20). The average molecular weight is 370 g/mol. The highest BCUT2D eigenvalue weighted by atomic mass is 32.2. The Hall–Kier alpha value is -1.80. The van der Waals surface area contributed by atoms with Gasteiger partial charge in [0.05, 0.1) is 4.90 Å². The molecule has 1 amide bonds. The van der Waals surface area contributed by atoms with Crippen molar-refractivity contribution in [1.82, 2.24) is 10.0 Å². The van der Waals surface area contributed by atoms with Gasteiger partial charge in [0.1, 0.15) is 19.3 Å². The number of sulfonamides is 1. The third-order valence-electron chi connectivity index (χ3n) is 3.74. The summed E-state index contributed by atoms with van der Waals surface area (Å²) in [5, 5.41) is 2.78. The van der Waals surface area contributed by atoms with Crippen LogP contribution in [0.5, 0.6) is 11.5 Å². The lowest BCUT2D eigenvalue weighted by Crippen LogP contribution is -2.50. The van der Waals surface area contributed by atoms with Crippen molar-refractivity contribution in [1.29, 1.82) is 0 Å². The summed E-state index contributed by atoms with van der Waals surface area (Å²) < 4.78 is 38.7. The van der Waals surface area contributed by atoms with Crippen LogP contribution in [0.15, 0.2) is 23.1 Å². The SMILES string of the molecule is CC(C)CNC(=O)C(NS(=O)(=O)c1ccc2c(c1)OCCO2)C(C)C. The van der Waals surface area contributed by atoms with Crippen LogP contribution in [0.2, 0.25) is 0 Å². The second kappa shape index (κ2) is 8.05. The van der Waals surface area contributed by atoms with Crippen LogP contribution in [0.25, 0.3) is 0 Å². The maximum absolute atomic E-state index is 12.7. The van der Waals surface area contributed by atoms with Gasteiger partial charge in [0.15, 0.2) is 11.5 Å². The molecule has 1 unspecified atom stereocenters. The number of ether oxygens (including phenoxy) is 2. The Bertz CT molecular complexity index is 716. The van der Waals surface area contributed by atoms with Gasteiger partial charge in [-0.15, -0.1) is 0 Å². The first-order valence-electron chi connectivity index (χ1n) is 8.40. The number of carbonyl (C=O) groups excluding carboxylic acids is 1. The van der Waals surface area contributed by atoms with Gasteiger partial charge in [-0.2, -0.15) is 4.72 Å². The molecule has 2 rings (SSSR count). The van der Waals surface area contributed by atoms with Crippen LogP contribution in [-0.2, 0) is 14.8 Å². The molecule has 1 aromatic rings. The first-order chi connectivity index (χ1) is 11.7. The lowest BCUT2D eigenvalue weighted by Gasteiger charge is -2.23. The number of benzene rings is 1. The minimum Gasteiger partial charge on any atom is -0.486 e. The van der Waals surface area contributed by atoms with Crippen molar-refractivity contribution in [2.24, 2.45) is 11.8 Å². The molecule has 1 aromatic carbocycles. The van der Waals surface area contributed by atoms with Crippen molar-refractivity contribution in [2.75, 3.05) is 19.8 Å². The Balaban J connectivity index is 2.18. The summed E-state index contributed by atoms with van der Waals surface area (Å²) in [6, 6.07) is 3.57. The van der Waals surface area contributed by atoms with E-state index in [1.165, 1.54) is 12.1 Å². The highest BCUT2D eigenvalue weighted by Crippen LogP contribution is 2.32. The van der Waals surface area contributed by atoms with Gasteiger partial charge in [0, 0.05) is 12.6 Å². The van der Waals surface area contributed by atoms with Gasteiger partial charge < -0.3 is 14.8 Å². The number of nitrogens with one attached hydrogen (secondary N) is 2. The topological polar surface area (TPSA) is 93.7 Å². The molecule has 1 heterocycles. The molecule has 1 aliphatic rings. The Kier molecular flexibility index (Phi) is 6.29. The fourth-order valence-corrected chi connectivity index (χ4v) is 3.69. The molecule has 7 nitrogen and oxygen atoms in total. The third-order valence-corrected chi connectivity index (χ3v) is 5.18. The van der Waals surface area contributed by atoms with E-state index in [1.807, 2.05) is 13.8 Å². The molecule has 25 heavy (non-hydrogen) atoms. The Morgan fingerprint density at radius 3 is 2.36 bits per heavy atom. The van der Waals surface area contributed by atoms with Gasteiger partial charge in [-0.05, 0) is 24.0 Å². The molecule has 0 spiro atoms. The minimum atomic E-state index is -3.87. The molecule has 0 fully saturated rings. The summed E-state index contributed by atoms with van der Waals surface area (Å²) in [6.07, 6.45) is 0. The summed E-state index contributed by atoms with van der Waals surface area (Å²) >= 11 is 0. The van der Waals surface area contributed by atoms with E-state index in [-0.39, 0.29) is 22.6 Å². The molecule has 0 aromatic heterocycles. The maximum Gasteiger partial charge on any atom is 0.241 e. The van der Waals surface area contributed by atoms with E-state index in [9.17, 15) is 13.2 Å². The van der Waals surface area contributed by atoms with Crippen molar-refractivity contribution in [3.8, 4) is 11.5 Å². The van der Waals surface area contributed by atoms with Gasteiger partial charge >= 0.3 is 0 Å². The van der Waals surface area contributed by atoms with Gasteiger partial charge in [0.25, 0.3) is 0 Å². The number of rotatable bonds is 7. The molecule has 2 N–H and O–H groups in total. The molecule has 1 aliphatic heterocycles. The Labute approximate surface area is 149 Å². The predicted molar refractivity (Wildman–Crippen MR) is 94.2 cm³/mol. The zero-order valence-corrected chi connectivity index (χ0v) is 15.9.